The van der Waals surface area contributed by atoms with E-state index in [1.807, 2.05) is 0 Å². The predicted octanol–water partition coefficient (Wildman–Crippen LogP) is 3.13. The number of carbonyl (C=O) groups excluding carboxylic acids is 1. The Morgan fingerprint density at radius 3 is 2.89 bits per heavy atom. The van der Waals surface area contributed by atoms with Crippen LogP contribution in [0.1, 0.15) is 56.3 Å². The minimum absolute atomic E-state index is 0.0981. The first-order chi connectivity index (χ1) is 13.6. The molecule has 2 rings (SSSR count). The lowest BCUT2D eigenvalue weighted by molar-refractivity contribution is 0.0953. The number of phenols is 1. The molecule has 0 bridgehead atoms. The quantitative estimate of drug-likeness (QED) is 0.288. The van der Waals surface area contributed by atoms with Gasteiger partial charge in [-0.2, -0.15) is 11.8 Å². The fraction of sp³-hybridized carbons (Fsp3) is 0.619. The number of hydrogen-bond donors (Lipinski definition) is 4. The van der Waals surface area contributed by atoms with Crippen molar-refractivity contribution >= 4 is 23.6 Å². The summed E-state index contributed by atoms with van der Waals surface area (Å²) in [7, 11) is 0. The summed E-state index contributed by atoms with van der Waals surface area (Å²) in [6.07, 6.45) is 5.76. The second-order valence-electron chi connectivity index (χ2n) is 7.01. The summed E-state index contributed by atoms with van der Waals surface area (Å²) in [6, 6.07) is 6.86. The van der Waals surface area contributed by atoms with Crippen molar-refractivity contribution in [1.82, 2.24) is 16.0 Å². The molecule has 7 heteroatoms. The molecule has 2 unspecified atom stereocenters. The van der Waals surface area contributed by atoms with Gasteiger partial charge in [-0.05, 0) is 56.6 Å². The van der Waals surface area contributed by atoms with Gasteiger partial charge in [-0.15, -0.1) is 0 Å². The summed E-state index contributed by atoms with van der Waals surface area (Å²) in [5, 5.41) is 20.0. The average Bonchev–Trinajstić information content (AvgIpc) is 2.68. The molecule has 1 amide bonds. The van der Waals surface area contributed by atoms with Gasteiger partial charge in [-0.1, -0.05) is 19.4 Å². The van der Waals surface area contributed by atoms with Crippen molar-refractivity contribution in [2.75, 3.05) is 25.4 Å². The molecular weight excluding hydrogens is 372 g/mol. The highest BCUT2D eigenvalue weighted by Gasteiger charge is 2.22. The van der Waals surface area contributed by atoms with Gasteiger partial charge in [0.25, 0.3) is 5.91 Å². The number of amides is 1. The molecule has 1 saturated carbocycles. The average molecular weight is 407 g/mol. The number of guanidine groups is 1. The minimum atomic E-state index is -0.174. The standard InChI is InChI=1S/C21H34N4O2S/c1-3-22-21(25-17-9-6-11-19(15-17)28-4-2)24-13-7-12-23-20(27)16-8-5-10-18(26)14-16/h5,8,10,14,17,19,26H,3-4,6-7,9,11-13,15H2,1-2H3,(H,23,27)(H2,22,24,25). The number of nitrogens with zero attached hydrogens (tertiary/aromatic N) is 1. The molecule has 156 valence electrons. The van der Waals surface area contributed by atoms with Gasteiger partial charge in [0.2, 0.25) is 0 Å². The number of carbonyl (C=O) groups is 1. The van der Waals surface area contributed by atoms with E-state index in [9.17, 15) is 9.90 Å². The van der Waals surface area contributed by atoms with E-state index >= 15 is 0 Å². The summed E-state index contributed by atoms with van der Waals surface area (Å²) in [5.74, 6) is 1.97. The van der Waals surface area contributed by atoms with Crippen LogP contribution in [0.3, 0.4) is 0 Å². The number of hydrogen-bond acceptors (Lipinski definition) is 4. The lowest BCUT2D eigenvalue weighted by atomic mass is 9.95. The van der Waals surface area contributed by atoms with Crippen molar-refractivity contribution in [3.05, 3.63) is 29.8 Å². The first-order valence-electron chi connectivity index (χ1n) is 10.4. The number of aromatic hydroxyl groups is 1. The van der Waals surface area contributed by atoms with Gasteiger partial charge < -0.3 is 21.1 Å². The van der Waals surface area contributed by atoms with Crippen LogP contribution in [0.2, 0.25) is 0 Å². The zero-order valence-electron chi connectivity index (χ0n) is 17.0. The van der Waals surface area contributed by atoms with E-state index < -0.39 is 0 Å². The summed E-state index contributed by atoms with van der Waals surface area (Å²) in [5.41, 5.74) is 0.468. The molecule has 1 aliphatic rings. The number of aliphatic imine (C=N–C) groups is 1. The molecule has 1 aromatic rings. The Bertz CT molecular complexity index is 637. The van der Waals surface area contributed by atoms with Crippen LogP contribution in [0.4, 0.5) is 0 Å². The lowest BCUT2D eigenvalue weighted by Gasteiger charge is -2.30. The molecule has 0 radical (unpaired) electrons. The van der Waals surface area contributed by atoms with Crippen LogP contribution >= 0.6 is 11.8 Å². The number of benzene rings is 1. The molecule has 2 atom stereocenters. The molecule has 0 aromatic heterocycles. The van der Waals surface area contributed by atoms with Gasteiger partial charge in [-0.3, -0.25) is 9.79 Å². The molecule has 1 aliphatic carbocycles. The molecule has 0 saturated heterocycles. The maximum absolute atomic E-state index is 12.1. The smallest absolute Gasteiger partial charge is 0.251 e. The summed E-state index contributed by atoms with van der Waals surface area (Å²) in [6.45, 7) is 6.33. The molecule has 0 spiro atoms. The monoisotopic (exact) mass is 406 g/mol. The zero-order valence-corrected chi connectivity index (χ0v) is 17.9. The highest BCUT2D eigenvalue weighted by atomic mass is 32.2. The van der Waals surface area contributed by atoms with Crippen LogP contribution < -0.4 is 16.0 Å². The van der Waals surface area contributed by atoms with Crippen molar-refractivity contribution in [2.24, 2.45) is 4.99 Å². The third-order valence-corrected chi connectivity index (χ3v) is 5.95. The SMILES string of the molecule is CCNC(=NCCCNC(=O)c1cccc(O)c1)NC1CCCC(SCC)C1. The predicted molar refractivity (Wildman–Crippen MR) is 118 cm³/mol. The molecule has 1 fully saturated rings. The Balaban J connectivity index is 1.73. The van der Waals surface area contributed by atoms with E-state index in [1.165, 1.54) is 37.5 Å². The lowest BCUT2D eigenvalue weighted by Crippen LogP contribution is -2.45. The third-order valence-electron chi connectivity index (χ3n) is 4.71. The van der Waals surface area contributed by atoms with Crippen LogP contribution in [-0.4, -0.2) is 53.7 Å². The fourth-order valence-electron chi connectivity index (χ4n) is 3.40. The maximum Gasteiger partial charge on any atom is 0.251 e. The molecule has 0 heterocycles. The molecule has 6 nitrogen and oxygen atoms in total. The third kappa shape index (κ3) is 8.00. The van der Waals surface area contributed by atoms with Crippen molar-refractivity contribution in [3.8, 4) is 5.75 Å². The second kappa shape index (κ2) is 12.5. The van der Waals surface area contributed by atoms with Gasteiger partial charge in [0.05, 0.1) is 0 Å². The highest BCUT2D eigenvalue weighted by molar-refractivity contribution is 7.99. The van der Waals surface area contributed by atoms with Crippen LogP contribution in [0.25, 0.3) is 0 Å². The maximum atomic E-state index is 12.1. The van der Waals surface area contributed by atoms with Crippen LogP contribution in [-0.2, 0) is 0 Å². The molecule has 1 aromatic carbocycles. The van der Waals surface area contributed by atoms with Crippen molar-refractivity contribution in [1.29, 1.82) is 0 Å². The highest BCUT2D eigenvalue weighted by Crippen LogP contribution is 2.28. The van der Waals surface area contributed by atoms with Gasteiger partial charge in [0.1, 0.15) is 5.75 Å². The summed E-state index contributed by atoms with van der Waals surface area (Å²) < 4.78 is 0. The van der Waals surface area contributed by atoms with E-state index in [0.29, 0.717) is 24.7 Å². The van der Waals surface area contributed by atoms with Crippen LogP contribution in [0.5, 0.6) is 5.75 Å². The van der Waals surface area contributed by atoms with E-state index in [2.05, 4.69) is 46.6 Å². The van der Waals surface area contributed by atoms with Gasteiger partial charge in [0.15, 0.2) is 5.96 Å². The van der Waals surface area contributed by atoms with Crippen molar-refractivity contribution < 1.29 is 9.90 Å². The molecular formula is C21H34N4O2S. The van der Waals surface area contributed by atoms with Gasteiger partial charge in [0, 0.05) is 36.5 Å². The van der Waals surface area contributed by atoms with Gasteiger partial charge in [-0.25, -0.2) is 0 Å². The Hall–Kier alpha value is -1.89. The van der Waals surface area contributed by atoms with Crippen LogP contribution in [0.15, 0.2) is 29.3 Å². The summed E-state index contributed by atoms with van der Waals surface area (Å²) in [4.78, 5) is 16.7. The van der Waals surface area contributed by atoms with Crippen molar-refractivity contribution in [3.63, 3.8) is 0 Å². The van der Waals surface area contributed by atoms with E-state index in [-0.39, 0.29) is 11.7 Å². The normalized spacial score (nSPS) is 19.9. The van der Waals surface area contributed by atoms with Crippen LogP contribution in [0, 0.1) is 0 Å². The Labute approximate surface area is 173 Å². The Morgan fingerprint density at radius 1 is 1.29 bits per heavy atom. The molecule has 0 aliphatic heterocycles. The zero-order chi connectivity index (χ0) is 20.2. The minimum Gasteiger partial charge on any atom is -0.508 e. The Kier molecular flexibility index (Phi) is 10.0. The number of nitrogens with one attached hydrogen (secondary N) is 3. The van der Waals surface area contributed by atoms with E-state index in [1.54, 1.807) is 18.2 Å². The first-order valence-corrected chi connectivity index (χ1v) is 11.4. The Morgan fingerprint density at radius 2 is 2.14 bits per heavy atom. The van der Waals surface area contributed by atoms with Crippen molar-refractivity contribution in [2.45, 2.75) is 57.2 Å². The van der Waals surface area contributed by atoms with E-state index in [0.717, 1.165) is 24.2 Å². The van der Waals surface area contributed by atoms with Gasteiger partial charge >= 0.3 is 0 Å². The molecule has 28 heavy (non-hydrogen) atoms. The largest absolute Gasteiger partial charge is 0.508 e. The topological polar surface area (TPSA) is 85.8 Å². The fourth-order valence-corrected chi connectivity index (χ4v) is 4.57. The second-order valence-corrected chi connectivity index (χ2v) is 8.58. The van der Waals surface area contributed by atoms with E-state index in [4.69, 9.17) is 0 Å². The first kappa shape index (κ1) is 22.4. The number of thioether (sulfide) groups is 1. The number of rotatable bonds is 9. The molecule has 4 N–H and O–H groups in total. The number of phenolic OH excluding ortho intramolecular Hbond substituents is 1. The summed E-state index contributed by atoms with van der Waals surface area (Å²) >= 11 is 2.07.